The molecule has 0 aliphatic carbocycles. The Morgan fingerprint density at radius 2 is 0.776 bits per heavy atom. The molecule has 2 heterocycles. The van der Waals surface area contributed by atoms with Crippen molar-refractivity contribution < 1.29 is 4.74 Å². The molecule has 0 saturated heterocycles. The van der Waals surface area contributed by atoms with Crippen molar-refractivity contribution in [3.8, 4) is 89.8 Å². The maximum atomic E-state index is 6.77. The van der Waals surface area contributed by atoms with E-state index in [1.165, 1.54) is 5.56 Å². The largest absolute Gasteiger partial charge is 0.456 e. The third kappa shape index (κ3) is 6.00. The lowest BCUT2D eigenvalue weighted by Crippen LogP contribution is -2.24. The topological polar surface area (TPSA) is 35.0 Å². The number of para-hydroxylation sites is 2. The van der Waals surface area contributed by atoms with E-state index in [9.17, 15) is 0 Å². The van der Waals surface area contributed by atoms with E-state index in [1.807, 2.05) is 12.3 Å². The summed E-state index contributed by atoms with van der Waals surface area (Å²) in [6.07, 6.45) is 1.90. The van der Waals surface area contributed by atoms with Crippen LogP contribution in [0.3, 0.4) is 0 Å². The summed E-state index contributed by atoms with van der Waals surface area (Å²) in [6, 6.07) is 70.8. The summed E-state index contributed by atoms with van der Waals surface area (Å²) in [7, 11) is 0. The first kappa shape index (κ1) is 35.1. The van der Waals surface area contributed by atoms with Crippen molar-refractivity contribution in [2.75, 3.05) is 0 Å². The fraction of sp³-hybridized carbons (Fsp3) is 0.0545. The van der Waals surface area contributed by atoms with Crippen molar-refractivity contribution >= 4 is 0 Å². The Morgan fingerprint density at radius 3 is 1.24 bits per heavy atom. The second-order valence-corrected chi connectivity index (χ2v) is 15.3. The average Bonchev–Trinajstić information content (AvgIpc) is 3.29. The number of hydrogen-bond donors (Lipinski definition) is 0. The van der Waals surface area contributed by atoms with E-state index in [0.717, 1.165) is 89.5 Å². The molecule has 0 bridgehead atoms. The molecule has 3 heteroatoms. The van der Waals surface area contributed by atoms with Gasteiger partial charge in [-0.3, -0.25) is 0 Å². The van der Waals surface area contributed by atoms with Gasteiger partial charge in [-0.2, -0.15) is 0 Å². The van der Waals surface area contributed by atoms with Gasteiger partial charge in [-0.1, -0.05) is 196 Å². The van der Waals surface area contributed by atoms with Crippen molar-refractivity contribution in [3.63, 3.8) is 0 Å². The summed E-state index contributed by atoms with van der Waals surface area (Å²) >= 11 is 0. The summed E-state index contributed by atoms with van der Waals surface area (Å²) in [5.41, 5.74) is 16.0. The molecule has 10 rings (SSSR count). The minimum Gasteiger partial charge on any atom is -0.456 e. The zero-order valence-electron chi connectivity index (χ0n) is 32.4. The van der Waals surface area contributed by atoms with Crippen LogP contribution >= 0.6 is 0 Å². The van der Waals surface area contributed by atoms with Gasteiger partial charge in [-0.15, -0.1) is 0 Å². The fourth-order valence-corrected chi connectivity index (χ4v) is 8.74. The first-order chi connectivity index (χ1) is 28.6. The molecule has 9 aromatic rings. The highest BCUT2D eigenvalue weighted by atomic mass is 16.5. The van der Waals surface area contributed by atoms with E-state index in [1.54, 1.807) is 0 Å². The zero-order chi connectivity index (χ0) is 39.1. The number of rotatable bonds is 7. The van der Waals surface area contributed by atoms with Crippen molar-refractivity contribution in [2.45, 2.75) is 19.3 Å². The molecule has 0 amide bonds. The van der Waals surface area contributed by atoms with Gasteiger partial charge >= 0.3 is 0 Å². The molecule has 1 aliphatic heterocycles. The van der Waals surface area contributed by atoms with Crippen molar-refractivity contribution in [1.82, 2.24) is 9.97 Å². The van der Waals surface area contributed by atoms with E-state index in [4.69, 9.17) is 14.7 Å². The highest BCUT2D eigenvalue weighted by Gasteiger charge is 2.36. The Kier molecular flexibility index (Phi) is 8.84. The molecule has 0 N–H and O–H groups in total. The lowest BCUT2D eigenvalue weighted by atomic mass is 9.75. The van der Waals surface area contributed by atoms with Crippen LogP contribution in [-0.2, 0) is 5.41 Å². The predicted octanol–water partition coefficient (Wildman–Crippen LogP) is 14.6. The summed E-state index contributed by atoms with van der Waals surface area (Å²) in [5.74, 6) is 2.26. The summed E-state index contributed by atoms with van der Waals surface area (Å²) in [4.78, 5) is 10.6. The minimum absolute atomic E-state index is 0.277. The van der Waals surface area contributed by atoms with Crippen molar-refractivity contribution in [2.24, 2.45) is 0 Å². The standard InChI is InChI=1S/C55H40N2O/c1-55(2)43-32-18-19-34-46(43)58-53-42(31-20-33-44(53)55)54-56-36-35-45(57-54)52-50(40-27-14-6-15-28-40)48(38-23-10-4-11-24-38)47(37-21-8-3-9-22-37)49(39-25-12-5-13-26-39)51(52)41-29-16-7-17-30-41/h3-36H,1-2H3. The highest BCUT2D eigenvalue weighted by Crippen LogP contribution is 2.56. The fourth-order valence-electron chi connectivity index (χ4n) is 8.74. The summed E-state index contributed by atoms with van der Waals surface area (Å²) in [6.45, 7) is 4.52. The van der Waals surface area contributed by atoms with Crippen LogP contribution in [0.1, 0.15) is 25.0 Å². The average molecular weight is 745 g/mol. The lowest BCUT2D eigenvalue weighted by molar-refractivity contribution is 0.419. The first-order valence-electron chi connectivity index (χ1n) is 19.8. The molecule has 8 aromatic carbocycles. The molecule has 0 saturated carbocycles. The van der Waals surface area contributed by atoms with Crippen LogP contribution in [0.25, 0.3) is 78.3 Å². The van der Waals surface area contributed by atoms with Gasteiger partial charge in [-0.25, -0.2) is 9.97 Å². The van der Waals surface area contributed by atoms with Crippen molar-refractivity contribution in [1.29, 1.82) is 0 Å². The first-order valence-corrected chi connectivity index (χ1v) is 19.8. The van der Waals surface area contributed by atoms with E-state index in [-0.39, 0.29) is 5.41 Å². The van der Waals surface area contributed by atoms with Crippen LogP contribution in [-0.4, -0.2) is 9.97 Å². The predicted molar refractivity (Wildman–Crippen MR) is 239 cm³/mol. The molecular formula is C55H40N2O. The Hall–Kier alpha value is -7.36. The molecule has 0 radical (unpaired) electrons. The summed E-state index contributed by atoms with van der Waals surface area (Å²) in [5, 5.41) is 0. The number of ether oxygens (including phenoxy) is 1. The van der Waals surface area contributed by atoms with Crippen molar-refractivity contribution in [3.05, 3.63) is 218 Å². The third-order valence-corrected chi connectivity index (χ3v) is 11.4. The smallest absolute Gasteiger partial charge is 0.163 e. The van der Waals surface area contributed by atoms with Gasteiger partial charge in [0, 0.05) is 39.4 Å². The van der Waals surface area contributed by atoms with Gasteiger partial charge in [0.25, 0.3) is 0 Å². The molecular weight excluding hydrogens is 705 g/mol. The molecule has 0 atom stereocenters. The van der Waals surface area contributed by atoms with Crippen LogP contribution < -0.4 is 4.74 Å². The normalized spacial score (nSPS) is 12.6. The molecule has 1 aliphatic rings. The second kappa shape index (κ2) is 14.6. The quantitative estimate of drug-likeness (QED) is 0.163. The van der Waals surface area contributed by atoms with Crippen LogP contribution in [0.5, 0.6) is 11.5 Å². The van der Waals surface area contributed by atoms with E-state index in [0.29, 0.717) is 5.82 Å². The summed E-state index contributed by atoms with van der Waals surface area (Å²) < 4.78 is 6.77. The molecule has 1 aromatic heterocycles. The van der Waals surface area contributed by atoms with Gasteiger partial charge < -0.3 is 4.74 Å². The Labute approximate surface area is 340 Å². The lowest BCUT2D eigenvalue weighted by Gasteiger charge is -2.35. The maximum absolute atomic E-state index is 6.77. The monoisotopic (exact) mass is 744 g/mol. The van der Waals surface area contributed by atoms with Crippen LogP contribution in [0.2, 0.25) is 0 Å². The second-order valence-electron chi connectivity index (χ2n) is 15.3. The van der Waals surface area contributed by atoms with Gasteiger partial charge in [0.2, 0.25) is 0 Å². The van der Waals surface area contributed by atoms with E-state index >= 15 is 0 Å². The van der Waals surface area contributed by atoms with Gasteiger partial charge in [0.05, 0.1) is 11.3 Å². The van der Waals surface area contributed by atoms with E-state index < -0.39 is 0 Å². The zero-order valence-corrected chi connectivity index (χ0v) is 32.4. The Morgan fingerprint density at radius 1 is 0.379 bits per heavy atom. The number of nitrogens with zero attached hydrogens (tertiary/aromatic N) is 2. The van der Waals surface area contributed by atoms with Crippen LogP contribution in [0.15, 0.2) is 206 Å². The number of aromatic nitrogens is 2. The third-order valence-electron chi connectivity index (χ3n) is 11.4. The van der Waals surface area contributed by atoms with Gasteiger partial charge in [0.1, 0.15) is 11.5 Å². The highest BCUT2D eigenvalue weighted by molar-refractivity contribution is 6.14. The molecule has 58 heavy (non-hydrogen) atoms. The minimum atomic E-state index is -0.277. The number of fused-ring (bicyclic) bond motifs is 2. The molecule has 0 spiro atoms. The maximum Gasteiger partial charge on any atom is 0.163 e. The molecule has 276 valence electrons. The van der Waals surface area contributed by atoms with E-state index in [2.05, 4.69) is 208 Å². The molecule has 0 unspecified atom stereocenters. The number of hydrogen-bond acceptors (Lipinski definition) is 3. The Bertz CT molecular complexity index is 2800. The van der Waals surface area contributed by atoms with Gasteiger partial charge in [-0.05, 0) is 62.7 Å². The Balaban J connectivity index is 1.36. The SMILES string of the molecule is CC1(C)c2ccccc2Oc2c(-c3nccc(-c4c(-c5ccccc5)c(-c5ccccc5)c(-c5ccccc5)c(-c5ccccc5)c4-c4ccccc4)n3)cccc21. The van der Waals surface area contributed by atoms with Gasteiger partial charge in [0.15, 0.2) is 5.82 Å². The number of benzene rings is 8. The van der Waals surface area contributed by atoms with Crippen LogP contribution in [0.4, 0.5) is 0 Å². The molecule has 3 nitrogen and oxygen atoms in total. The molecule has 0 fully saturated rings. The van der Waals surface area contributed by atoms with Crippen LogP contribution in [0, 0.1) is 0 Å².